The van der Waals surface area contributed by atoms with Crippen molar-refractivity contribution in [3.05, 3.63) is 16.8 Å². The zero-order chi connectivity index (χ0) is 18.4. The van der Waals surface area contributed by atoms with Crippen LogP contribution in [-0.4, -0.2) is 52.6 Å². The molecule has 2 saturated heterocycles. The van der Waals surface area contributed by atoms with Gasteiger partial charge in [-0.2, -0.15) is 5.10 Å². The average molecular weight is 388 g/mol. The normalized spacial score (nSPS) is 24.0. The van der Waals surface area contributed by atoms with E-state index in [0.29, 0.717) is 13.2 Å². The highest BCUT2D eigenvalue weighted by Gasteiger charge is 2.34. The minimum atomic E-state index is -0.346. The SMILES string of the molecule is Cn1ncc2c1CCc1sc(N(C[C@H]3CCCO3)C(=O)[C@H]3CCCO3)nc1-2. The van der Waals surface area contributed by atoms with Crippen molar-refractivity contribution >= 4 is 22.4 Å². The molecule has 2 atom stereocenters. The van der Waals surface area contributed by atoms with E-state index in [0.717, 1.165) is 61.5 Å². The van der Waals surface area contributed by atoms with Crippen molar-refractivity contribution in [2.75, 3.05) is 24.7 Å². The number of hydrogen-bond donors (Lipinski definition) is 0. The fraction of sp³-hybridized carbons (Fsp3) is 0.632. The Bertz CT molecular complexity index is 849. The molecule has 8 heteroatoms. The van der Waals surface area contributed by atoms with Crippen LogP contribution in [0.15, 0.2) is 6.20 Å². The molecule has 7 nitrogen and oxygen atoms in total. The highest BCUT2D eigenvalue weighted by Crippen LogP contribution is 2.39. The molecular weight excluding hydrogens is 364 g/mol. The van der Waals surface area contributed by atoms with Crippen LogP contribution >= 0.6 is 11.3 Å². The first-order valence-corrected chi connectivity index (χ1v) is 10.6. The van der Waals surface area contributed by atoms with Crippen LogP contribution in [0.5, 0.6) is 0 Å². The Kier molecular flexibility index (Phi) is 4.49. The molecule has 1 amide bonds. The van der Waals surface area contributed by atoms with Crippen molar-refractivity contribution in [3.8, 4) is 11.3 Å². The maximum absolute atomic E-state index is 13.2. The van der Waals surface area contributed by atoms with E-state index < -0.39 is 0 Å². The van der Waals surface area contributed by atoms with Crippen LogP contribution in [0.4, 0.5) is 5.13 Å². The third-order valence-corrected chi connectivity index (χ3v) is 6.84. The van der Waals surface area contributed by atoms with Gasteiger partial charge in [0.25, 0.3) is 5.91 Å². The van der Waals surface area contributed by atoms with E-state index in [-0.39, 0.29) is 18.1 Å². The predicted molar refractivity (Wildman–Crippen MR) is 102 cm³/mol. The summed E-state index contributed by atoms with van der Waals surface area (Å²) in [4.78, 5) is 21.2. The topological polar surface area (TPSA) is 69.5 Å². The lowest BCUT2D eigenvalue weighted by Crippen LogP contribution is -2.43. The van der Waals surface area contributed by atoms with Gasteiger partial charge in [0.05, 0.1) is 24.5 Å². The number of nitrogens with zero attached hydrogens (tertiary/aromatic N) is 4. The molecule has 0 saturated carbocycles. The molecule has 2 fully saturated rings. The van der Waals surface area contributed by atoms with Crippen molar-refractivity contribution in [1.29, 1.82) is 0 Å². The Morgan fingerprint density at radius 2 is 2.15 bits per heavy atom. The smallest absolute Gasteiger partial charge is 0.257 e. The van der Waals surface area contributed by atoms with Gasteiger partial charge in [0.15, 0.2) is 5.13 Å². The molecule has 2 aromatic heterocycles. The number of carbonyl (C=O) groups excluding carboxylic acids is 1. The van der Waals surface area contributed by atoms with Gasteiger partial charge in [-0.15, -0.1) is 11.3 Å². The van der Waals surface area contributed by atoms with E-state index in [1.807, 2.05) is 22.8 Å². The first-order valence-electron chi connectivity index (χ1n) is 9.76. The molecule has 27 heavy (non-hydrogen) atoms. The minimum absolute atomic E-state index is 0.0282. The van der Waals surface area contributed by atoms with Crippen LogP contribution < -0.4 is 4.90 Å². The summed E-state index contributed by atoms with van der Waals surface area (Å²) in [6.45, 7) is 2.00. The van der Waals surface area contributed by atoms with Crippen LogP contribution in [0, 0.1) is 0 Å². The molecule has 2 aliphatic heterocycles. The standard InChI is InChI=1S/C19H24N4O3S/c1-22-14-6-7-16-17(13(14)10-20-22)21-19(27-16)23(11-12-4-2-8-25-12)18(24)15-5-3-9-26-15/h10,12,15H,2-9,11H2,1H3/t12-,15-/m1/s1. The minimum Gasteiger partial charge on any atom is -0.376 e. The van der Waals surface area contributed by atoms with E-state index >= 15 is 0 Å². The molecule has 5 rings (SSSR count). The number of anilines is 1. The number of thiazole rings is 1. The van der Waals surface area contributed by atoms with Crippen LogP contribution in [0.2, 0.25) is 0 Å². The molecule has 0 unspecified atom stereocenters. The quantitative estimate of drug-likeness (QED) is 0.804. The molecule has 3 aliphatic rings. The number of hydrogen-bond acceptors (Lipinski definition) is 6. The second-order valence-corrected chi connectivity index (χ2v) is 8.54. The van der Waals surface area contributed by atoms with Gasteiger partial charge < -0.3 is 9.47 Å². The van der Waals surface area contributed by atoms with Crippen molar-refractivity contribution in [3.63, 3.8) is 0 Å². The van der Waals surface area contributed by atoms with Crippen molar-refractivity contribution in [2.45, 2.75) is 50.7 Å². The Labute approximate surface area is 162 Å². The molecular formula is C19H24N4O3S. The van der Waals surface area contributed by atoms with Crippen LogP contribution in [-0.2, 0) is 34.2 Å². The highest BCUT2D eigenvalue weighted by molar-refractivity contribution is 7.16. The summed E-state index contributed by atoms with van der Waals surface area (Å²) < 4.78 is 13.4. The average Bonchev–Trinajstić information content (AvgIpc) is 3.45. The molecule has 0 N–H and O–H groups in total. The number of rotatable bonds is 4. The van der Waals surface area contributed by atoms with Gasteiger partial charge in [-0.05, 0) is 38.5 Å². The number of amides is 1. The van der Waals surface area contributed by atoms with Crippen molar-refractivity contribution in [1.82, 2.24) is 14.8 Å². The lowest BCUT2D eigenvalue weighted by atomic mass is 10.0. The summed E-state index contributed by atoms with van der Waals surface area (Å²) in [7, 11) is 1.97. The molecule has 4 heterocycles. The van der Waals surface area contributed by atoms with Gasteiger partial charge >= 0.3 is 0 Å². The lowest BCUT2D eigenvalue weighted by molar-refractivity contribution is -0.127. The van der Waals surface area contributed by atoms with Crippen molar-refractivity contribution in [2.24, 2.45) is 7.05 Å². The number of carbonyl (C=O) groups is 1. The number of aromatic nitrogens is 3. The molecule has 0 spiro atoms. The van der Waals surface area contributed by atoms with Crippen LogP contribution in [0.25, 0.3) is 11.3 Å². The summed E-state index contributed by atoms with van der Waals surface area (Å²) in [5.74, 6) is 0.0282. The number of aryl methyl sites for hydroxylation is 2. The predicted octanol–water partition coefficient (Wildman–Crippen LogP) is 2.33. The second kappa shape index (κ2) is 7.00. The molecule has 1 aliphatic carbocycles. The fourth-order valence-electron chi connectivity index (χ4n) is 4.22. The Balaban J connectivity index is 1.48. The van der Waals surface area contributed by atoms with E-state index in [1.54, 1.807) is 11.3 Å². The van der Waals surface area contributed by atoms with Crippen molar-refractivity contribution < 1.29 is 14.3 Å². The Hall–Kier alpha value is -1.77. The maximum atomic E-state index is 13.2. The van der Waals surface area contributed by atoms with E-state index in [9.17, 15) is 4.79 Å². The molecule has 0 bridgehead atoms. The summed E-state index contributed by atoms with van der Waals surface area (Å²) in [6.07, 6.45) is 7.33. The van der Waals surface area contributed by atoms with Gasteiger partial charge in [0, 0.05) is 36.4 Å². The largest absolute Gasteiger partial charge is 0.376 e. The molecule has 2 aromatic rings. The maximum Gasteiger partial charge on any atom is 0.257 e. The summed E-state index contributed by atoms with van der Waals surface area (Å²) in [6, 6.07) is 0. The van der Waals surface area contributed by atoms with Crippen LogP contribution in [0.1, 0.15) is 36.3 Å². The van der Waals surface area contributed by atoms with Gasteiger partial charge in [-0.1, -0.05) is 0 Å². The zero-order valence-corrected chi connectivity index (χ0v) is 16.3. The molecule has 0 radical (unpaired) electrons. The summed E-state index contributed by atoms with van der Waals surface area (Å²) >= 11 is 1.63. The summed E-state index contributed by atoms with van der Waals surface area (Å²) in [5.41, 5.74) is 3.31. The van der Waals surface area contributed by atoms with Gasteiger partial charge in [-0.25, -0.2) is 4.98 Å². The first kappa shape index (κ1) is 17.3. The number of ether oxygens (including phenoxy) is 2. The first-order chi connectivity index (χ1) is 13.2. The van der Waals surface area contributed by atoms with Gasteiger partial charge in [0.1, 0.15) is 6.10 Å². The second-order valence-electron chi connectivity index (χ2n) is 7.48. The fourth-order valence-corrected chi connectivity index (χ4v) is 5.31. The Morgan fingerprint density at radius 3 is 2.93 bits per heavy atom. The molecule has 144 valence electrons. The Morgan fingerprint density at radius 1 is 1.30 bits per heavy atom. The van der Waals surface area contributed by atoms with E-state index in [4.69, 9.17) is 14.5 Å². The van der Waals surface area contributed by atoms with Gasteiger partial charge in [-0.3, -0.25) is 14.4 Å². The lowest BCUT2D eigenvalue weighted by Gasteiger charge is -2.25. The molecule has 0 aromatic carbocycles. The monoisotopic (exact) mass is 388 g/mol. The van der Waals surface area contributed by atoms with E-state index in [2.05, 4.69) is 5.10 Å². The third-order valence-electron chi connectivity index (χ3n) is 5.70. The summed E-state index contributed by atoms with van der Waals surface area (Å²) in [5, 5.41) is 5.16. The van der Waals surface area contributed by atoms with E-state index in [1.165, 1.54) is 10.6 Å². The highest BCUT2D eigenvalue weighted by atomic mass is 32.1. The zero-order valence-electron chi connectivity index (χ0n) is 15.5. The van der Waals surface area contributed by atoms with Gasteiger partial charge in [0.2, 0.25) is 0 Å². The van der Waals surface area contributed by atoms with Crippen LogP contribution in [0.3, 0.4) is 0 Å². The number of fused-ring (bicyclic) bond motifs is 3. The third kappa shape index (κ3) is 3.09.